The number of amides is 2. The molecule has 0 spiro atoms. The molecule has 0 aliphatic carbocycles. The van der Waals surface area contributed by atoms with Gasteiger partial charge in [0, 0.05) is 17.3 Å². The van der Waals surface area contributed by atoms with Crippen LogP contribution in [0.3, 0.4) is 0 Å². The molecule has 0 atom stereocenters. The number of benzene rings is 1. The largest absolute Gasteiger partial charge is 0.329 e. The van der Waals surface area contributed by atoms with Gasteiger partial charge in [-0.25, -0.2) is 0 Å². The minimum atomic E-state index is -0.302. The fourth-order valence-electron chi connectivity index (χ4n) is 2.22. The first-order valence-corrected chi connectivity index (χ1v) is 8.97. The minimum absolute atomic E-state index is 0.0748. The second-order valence-electron chi connectivity index (χ2n) is 5.55. The molecule has 1 N–H and O–H groups in total. The van der Waals surface area contributed by atoms with Gasteiger partial charge >= 0.3 is 0 Å². The van der Waals surface area contributed by atoms with Crippen LogP contribution in [0.4, 0.5) is 5.69 Å². The Morgan fingerprint density at radius 3 is 2.44 bits per heavy atom. The van der Waals surface area contributed by atoms with Crippen LogP contribution in [-0.2, 0) is 4.79 Å². The topological polar surface area (TPSA) is 66.5 Å². The van der Waals surface area contributed by atoms with E-state index in [1.165, 1.54) is 11.8 Å². The molecule has 2 rings (SSSR count). The summed E-state index contributed by atoms with van der Waals surface area (Å²) in [5, 5.41) is 3.31. The molecule has 0 aliphatic heterocycles. The van der Waals surface area contributed by atoms with Crippen LogP contribution < -0.4 is 5.32 Å². The highest BCUT2D eigenvalue weighted by atomic mass is 35.5. The van der Waals surface area contributed by atoms with E-state index in [-0.39, 0.29) is 24.1 Å². The number of carbonyl (C=O) groups excluding carboxylic acids is 3. The Labute approximate surface area is 155 Å². The van der Waals surface area contributed by atoms with Crippen molar-refractivity contribution >= 4 is 46.2 Å². The number of anilines is 1. The molecule has 0 unspecified atom stereocenters. The molecular formula is C18H19ClN2O3S. The zero-order chi connectivity index (χ0) is 18.6. The summed E-state index contributed by atoms with van der Waals surface area (Å²) in [7, 11) is 0. The molecule has 7 heteroatoms. The van der Waals surface area contributed by atoms with Crippen molar-refractivity contribution in [2.24, 2.45) is 0 Å². The summed E-state index contributed by atoms with van der Waals surface area (Å²) >= 11 is 7.09. The number of halogens is 1. The van der Waals surface area contributed by atoms with Crippen LogP contribution >= 0.6 is 22.9 Å². The first-order chi connectivity index (χ1) is 11.8. The van der Waals surface area contributed by atoms with Crippen molar-refractivity contribution in [3.63, 3.8) is 0 Å². The van der Waals surface area contributed by atoms with Gasteiger partial charge in [0.05, 0.1) is 9.75 Å². The minimum Gasteiger partial charge on any atom is -0.329 e. The van der Waals surface area contributed by atoms with E-state index in [0.29, 0.717) is 27.0 Å². The summed E-state index contributed by atoms with van der Waals surface area (Å²) in [6, 6.07) is 8.48. The van der Waals surface area contributed by atoms with E-state index >= 15 is 0 Å². The van der Waals surface area contributed by atoms with Crippen LogP contribution in [-0.4, -0.2) is 35.6 Å². The smallest absolute Gasteiger partial charge is 0.264 e. The van der Waals surface area contributed by atoms with Gasteiger partial charge in [-0.3, -0.25) is 14.4 Å². The quantitative estimate of drug-likeness (QED) is 0.772. The summed E-state index contributed by atoms with van der Waals surface area (Å²) in [6.07, 6.45) is 0. The first kappa shape index (κ1) is 19.1. The molecule has 0 bridgehead atoms. The number of carbonyl (C=O) groups is 3. The van der Waals surface area contributed by atoms with Crippen LogP contribution in [0.25, 0.3) is 0 Å². The van der Waals surface area contributed by atoms with Crippen molar-refractivity contribution in [1.29, 1.82) is 0 Å². The molecule has 5 nitrogen and oxygen atoms in total. The van der Waals surface area contributed by atoms with Crippen molar-refractivity contribution in [3.05, 3.63) is 50.7 Å². The standard InChI is InChI=1S/C18H19ClN2O3S/c1-4-21(18(24)16-8-7-15(25-16)12(3)22)10-17(23)20-14-9-13(19)6-5-11(14)2/h5-9H,4,10H2,1-3H3,(H,20,23). The lowest BCUT2D eigenvalue weighted by Crippen LogP contribution is -2.37. The normalized spacial score (nSPS) is 10.4. The fourth-order valence-corrected chi connectivity index (χ4v) is 3.26. The second kappa shape index (κ2) is 8.27. The number of hydrogen-bond donors (Lipinski definition) is 1. The van der Waals surface area contributed by atoms with Gasteiger partial charge in [-0.2, -0.15) is 0 Å². The van der Waals surface area contributed by atoms with Gasteiger partial charge in [-0.05, 0) is 50.6 Å². The summed E-state index contributed by atoms with van der Waals surface area (Å²) < 4.78 is 0. The molecule has 0 fully saturated rings. The number of nitrogens with one attached hydrogen (secondary N) is 1. The lowest BCUT2D eigenvalue weighted by atomic mass is 10.2. The molecule has 1 aromatic carbocycles. The number of thiophene rings is 1. The monoisotopic (exact) mass is 378 g/mol. The van der Waals surface area contributed by atoms with Crippen molar-refractivity contribution in [3.8, 4) is 0 Å². The Morgan fingerprint density at radius 2 is 1.84 bits per heavy atom. The zero-order valence-electron chi connectivity index (χ0n) is 14.3. The SMILES string of the molecule is CCN(CC(=O)Nc1cc(Cl)ccc1C)C(=O)c1ccc(C(C)=O)s1. The molecule has 2 aromatic rings. The van der Waals surface area contributed by atoms with E-state index in [0.717, 1.165) is 16.9 Å². The highest BCUT2D eigenvalue weighted by molar-refractivity contribution is 7.15. The number of Topliss-reactive ketones (excluding diaryl/α,β-unsaturated/α-hetero) is 1. The van der Waals surface area contributed by atoms with Crippen LogP contribution in [0.1, 0.15) is 38.8 Å². The van der Waals surface area contributed by atoms with Gasteiger partial charge in [0.15, 0.2) is 5.78 Å². The molecule has 2 amide bonds. The van der Waals surface area contributed by atoms with E-state index in [4.69, 9.17) is 11.6 Å². The van der Waals surface area contributed by atoms with Crippen LogP contribution in [0.5, 0.6) is 0 Å². The third-order valence-corrected chi connectivity index (χ3v) is 5.05. The van der Waals surface area contributed by atoms with Crippen molar-refractivity contribution in [2.45, 2.75) is 20.8 Å². The summed E-state index contributed by atoms with van der Waals surface area (Å²) in [5.74, 6) is -0.650. The Balaban J connectivity index is 2.07. The third kappa shape index (κ3) is 4.90. The molecule has 0 saturated carbocycles. The lowest BCUT2D eigenvalue weighted by molar-refractivity contribution is -0.116. The second-order valence-corrected chi connectivity index (χ2v) is 7.07. The Bertz CT molecular complexity index is 816. The van der Waals surface area contributed by atoms with Crippen molar-refractivity contribution in [2.75, 3.05) is 18.4 Å². The van der Waals surface area contributed by atoms with E-state index < -0.39 is 0 Å². The maximum absolute atomic E-state index is 12.5. The number of ketones is 1. The third-order valence-electron chi connectivity index (χ3n) is 3.64. The van der Waals surface area contributed by atoms with Crippen molar-refractivity contribution < 1.29 is 14.4 Å². The van der Waals surface area contributed by atoms with Crippen LogP contribution in [0, 0.1) is 6.92 Å². The van der Waals surface area contributed by atoms with E-state index in [2.05, 4.69) is 5.32 Å². The molecule has 132 valence electrons. The van der Waals surface area contributed by atoms with Gasteiger partial charge in [0.25, 0.3) is 5.91 Å². The summed E-state index contributed by atoms with van der Waals surface area (Å²) in [5.41, 5.74) is 1.51. The fraction of sp³-hybridized carbons (Fsp3) is 0.278. The predicted octanol–water partition coefficient (Wildman–Crippen LogP) is 4.01. The van der Waals surface area contributed by atoms with Gasteiger partial charge in [0.2, 0.25) is 5.91 Å². The number of aryl methyl sites for hydroxylation is 1. The number of likely N-dealkylation sites (N-methyl/N-ethyl adjacent to an activating group) is 1. The van der Waals surface area contributed by atoms with Crippen molar-refractivity contribution in [1.82, 2.24) is 4.90 Å². The maximum Gasteiger partial charge on any atom is 0.264 e. The highest BCUT2D eigenvalue weighted by Gasteiger charge is 2.20. The molecule has 0 saturated heterocycles. The van der Waals surface area contributed by atoms with E-state index in [1.807, 2.05) is 13.0 Å². The Kier molecular flexibility index (Phi) is 6.33. The molecule has 1 aromatic heterocycles. The van der Waals surface area contributed by atoms with Crippen LogP contribution in [0.2, 0.25) is 5.02 Å². The Hall–Kier alpha value is -2.18. The van der Waals surface area contributed by atoms with Gasteiger partial charge in [-0.1, -0.05) is 17.7 Å². The Morgan fingerprint density at radius 1 is 1.16 bits per heavy atom. The molecule has 1 heterocycles. The lowest BCUT2D eigenvalue weighted by Gasteiger charge is -2.20. The average Bonchev–Trinajstić information content (AvgIpc) is 3.05. The maximum atomic E-state index is 12.5. The molecule has 0 radical (unpaired) electrons. The molecule has 25 heavy (non-hydrogen) atoms. The first-order valence-electron chi connectivity index (χ1n) is 7.78. The summed E-state index contributed by atoms with van der Waals surface area (Å²) in [6.45, 7) is 5.43. The number of rotatable bonds is 6. The van der Waals surface area contributed by atoms with Gasteiger partial charge in [-0.15, -0.1) is 11.3 Å². The molecular weight excluding hydrogens is 360 g/mol. The van der Waals surface area contributed by atoms with Gasteiger partial charge in [0.1, 0.15) is 6.54 Å². The van der Waals surface area contributed by atoms with Crippen LogP contribution in [0.15, 0.2) is 30.3 Å². The van der Waals surface area contributed by atoms with E-state index in [9.17, 15) is 14.4 Å². The molecule has 0 aliphatic rings. The zero-order valence-corrected chi connectivity index (χ0v) is 15.8. The highest BCUT2D eigenvalue weighted by Crippen LogP contribution is 2.21. The predicted molar refractivity (Wildman–Crippen MR) is 101 cm³/mol. The average molecular weight is 379 g/mol. The number of nitrogens with zero attached hydrogens (tertiary/aromatic N) is 1. The van der Waals surface area contributed by atoms with Gasteiger partial charge < -0.3 is 10.2 Å². The summed E-state index contributed by atoms with van der Waals surface area (Å²) in [4.78, 5) is 38.6. The number of hydrogen-bond acceptors (Lipinski definition) is 4. The van der Waals surface area contributed by atoms with E-state index in [1.54, 1.807) is 31.2 Å².